The molecule has 0 aromatic heterocycles. The van der Waals surface area contributed by atoms with Crippen LogP contribution in [-0.2, 0) is 4.79 Å². The molecule has 1 atom stereocenters. The molecule has 1 heterocycles. The van der Waals surface area contributed by atoms with E-state index in [9.17, 15) is 4.79 Å². The van der Waals surface area contributed by atoms with E-state index in [1.165, 1.54) is 0 Å². The zero-order chi connectivity index (χ0) is 11.9. The van der Waals surface area contributed by atoms with Crippen molar-refractivity contribution in [2.24, 2.45) is 0 Å². The van der Waals surface area contributed by atoms with Gasteiger partial charge < -0.3 is 4.90 Å². The molecule has 1 aromatic carbocycles. The number of rotatable bonds is 1. The maximum Gasteiger partial charge on any atom is 0.228 e. The summed E-state index contributed by atoms with van der Waals surface area (Å²) in [7, 11) is 0. The molecule has 2 nitrogen and oxygen atoms in total. The Labute approximate surface area is 121 Å². The lowest BCUT2D eigenvalue weighted by Gasteiger charge is -2.19. The van der Waals surface area contributed by atoms with Gasteiger partial charge in [-0.3, -0.25) is 4.79 Å². The molecule has 1 aliphatic rings. The first-order chi connectivity index (χ1) is 7.49. The maximum absolute atomic E-state index is 11.8. The van der Waals surface area contributed by atoms with Crippen LogP contribution >= 0.6 is 56.1 Å². The van der Waals surface area contributed by atoms with Crippen LogP contribution < -0.4 is 4.90 Å². The number of hydrogen-bond donors (Lipinski definition) is 1. The van der Waals surface area contributed by atoms with Crippen LogP contribution in [0.1, 0.15) is 6.42 Å². The van der Waals surface area contributed by atoms with E-state index >= 15 is 0 Å². The molecule has 1 saturated heterocycles. The summed E-state index contributed by atoms with van der Waals surface area (Å²) in [5, 5.41) is 0.721. The van der Waals surface area contributed by atoms with Crippen LogP contribution in [0.2, 0.25) is 5.02 Å². The molecule has 0 spiro atoms. The molecule has 1 unspecified atom stereocenters. The topological polar surface area (TPSA) is 20.3 Å². The van der Waals surface area contributed by atoms with Gasteiger partial charge in [-0.2, -0.15) is 12.6 Å². The minimum Gasteiger partial charge on any atom is -0.309 e. The van der Waals surface area contributed by atoms with Gasteiger partial charge in [-0.1, -0.05) is 11.6 Å². The Morgan fingerprint density at radius 3 is 2.38 bits per heavy atom. The molecule has 16 heavy (non-hydrogen) atoms. The van der Waals surface area contributed by atoms with Crippen LogP contribution in [0.5, 0.6) is 0 Å². The lowest BCUT2D eigenvalue weighted by molar-refractivity contribution is -0.117. The molecular weight excluding hydrogens is 377 g/mol. The number of amides is 1. The summed E-state index contributed by atoms with van der Waals surface area (Å²) in [5.41, 5.74) is 0.825. The average molecular weight is 386 g/mol. The van der Waals surface area contributed by atoms with Crippen LogP contribution in [0, 0.1) is 0 Å². The molecule has 6 heteroatoms. The first-order valence-electron chi connectivity index (χ1n) is 4.62. The standard InChI is InChI=1S/C10H8Br2ClNOS/c11-7-1-5(13)2-8(12)10(7)14-4-6(16)3-9(14)15/h1-2,6,16H,3-4H2. The van der Waals surface area contributed by atoms with E-state index in [4.69, 9.17) is 11.6 Å². The number of carbonyl (C=O) groups is 1. The number of thiol groups is 1. The number of hydrogen-bond acceptors (Lipinski definition) is 2. The molecule has 1 aromatic rings. The van der Waals surface area contributed by atoms with Crippen LogP contribution in [-0.4, -0.2) is 17.7 Å². The van der Waals surface area contributed by atoms with Crippen molar-refractivity contribution in [3.8, 4) is 0 Å². The second-order valence-electron chi connectivity index (χ2n) is 3.58. The Hall–Kier alpha value is 0.290. The predicted octanol–water partition coefficient (Wildman–Crippen LogP) is 3.90. The van der Waals surface area contributed by atoms with Crippen molar-refractivity contribution in [3.05, 3.63) is 26.1 Å². The van der Waals surface area contributed by atoms with Gasteiger partial charge in [0, 0.05) is 32.2 Å². The third kappa shape index (κ3) is 2.42. The molecule has 1 fully saturated rings. The van der Waals surface area contributed by atoms with Gasteiger partial charge in [0.1, 0.15) is 0 Å². The lowest BCUT2D eigenvalue weighted by Crippen LogP contribution is -2.25. The van der Waals surface area contributed by atoms with Crippen LogP contribution in [0.25, 0.3) is 0 Å². The van der Waals surface area contributed by atoms with Gasteiger partial charge in [0.25, 0.3) is 0 Å². The lowest BCUT2D eigenvalue weighted by atomic mass is 10.3. The second kappa shape index (κ2) is 4.88. The Morgan fingerprint density at radius 2 is 1.94 bits per heavy atom. The Balaban J connectivity index is 2.44. The first kappa shape index (κ1) is 12.7. The van der Waals surface area contributed by atoms with Crippen molar-refractivity contribution in [2.75, 3.05) is 11.4 Å². The molecule has 0 N–H and O–H groups in total. The van der Waals surface area contributed by atoms with Gasteiger partial charge in [-0.05, 0) is 44.0 Å². The van der Waals surface area contributed by atoms with Gasteiger partial charge in [0.2, 0.25) is 5.91 Å². The highest BCUT2D eigenvalue weighted by Gasteiger charge is 2.30. The van der Waals surface area contributed by atoms with E-state index in [0.717, 1.165) is 14.6 Å². The fourth-order valence-corrected chi connectivity index (χ4v) is 4.11. The minimum absolute atomic E-state index is 0.0868. The van der Waals surface area contributed by atoms with Crippen LogP contribution in [0.3, 0.4) is 0 Å². The minimum atomic E-state index is 0.0868. The molecule has 2 rings (SSSR count). The van der Waals surface area contributed by atoms with E-state index in [1.54, 1.807) is 17.0 Å². The summed E-state index contributed by atoms with van der Waals surface area (Å²) in [6, 6.07) is 3.56. The average Bonchev–Trinajstić information content (AvgIpc) is 2.43. The van der Waals surface area contributed by atoms with Crippen molar-refractivity contribution in [1.29, 1.82) is 0 Å². The SMILES string of the molecule is O=C1CC(S)CN1c1c(Br)cc(Cl)cc1Br. The highest BCUT2D eigenvalue weighted by atomic mass is 79.9. The largest absolute Gasteiger partial charge is 0.309 e. The van der Waals surface area contributed by atoms with E-state index < -0.39 is 0 Å². The van der Waals surface area contributed by atoms with Gasteiger partial charge >= 0.3 is 0 Å². The summed E-state index contributed by atoms with van der Waals surface area (Å²) >= 11 is 17.1. The van der Waals surface area contributed by atoms with Crippen LogP contribution in [0.4, 0.5) is 5.69 Å². The van der Waals surface area contributed by atoms with E-state index in [2.05, 4.69) is 44.5 Å². The van der Waals surface area contributed by atoms with E-state index in [1.807, 2.05) is 0 Å². The molecule has 0 bridgehead atoms. The number of halogens is 3. The number of benzene rings is 1. The summed E-state index contributed by atoms with van der Waals surface area (Å²) in [4.78, 5) is 13.5. The quantitative estimate of drug-likeness (QED) is 0.727. The van der Waals surface area contributed by atoms with Crippen molar-refractivity contribution < 1.29 is 4.79 Å². The molecule has 1 aliphatic heterocycles. The Morgan fingerprint density at radius 1 is 1.38 bits per heavy atom. The fraction of sp³-hybridized carbons (Fsp3) is 0.300. The van der Waals surface area contributed by atoms with E-state index in [0.29, 0.717) is 18.0 Å². The third-order valence-electron chi connectivity index (χ3n) is 2.36. The highest BCUT2D eigenvalue weighted by molar-refractivity contribution is 9.11. The molecule has 86 valence electrons. The predicted molar refractivity (Wildman–Crippen MR) is 76.6 cm³/mol. The smallest absolute Gasteiger partial charge is 0.228 e. The number of nitrogens with zero attached hydrogens (tertiary/aromatic N) is 1. The Bertz CT molecular complexity index is 431. The van der Waals surface area contributed by atoms with E-state index in [-0.39, 0.29) is 11.2 Å². The normalized spacial score (nSPS) is 20.6. The summed E-state index contributed by atoms with van der Waals surface area (Å²) in [6.07, 6.45) is 0.477. The zero-order valence-electron chi connectivity index (χ0n) is 8.08. The molecule has 1 amide bonds. The first-order valence-corrected chi connectivity index (χ1v) is 7.10. The third-order valence-corrected chi connectivity index (χ3v) is 4.13. The number of anilines is 1. The monoisotopic (exact) mass is 383 g/mol. The summed E-state index contributed by atoms with van der Waals surface area (Å²) in [6.45, 7) is 0.626. The van der Waals surface area contributed by atoms with Gasteiger partial charge in [0.15, 0.2) is 0 Å². The highest BCUT2D eigenvalue weighted by Crippen LogP contribution is 2.39. The van der Waals surface area contributed by atoms with Gasteiger partial charge in [-0.25, -0.2) is 0 Å². The molecular formula is C10H8Br2ClNOS. The number of carbonyl (C=O) groups excluding carboxylic acids is 1. The Kier molecular flexibility index (Phi) is 3.89. The zero-order valence-corrected chi connectivity index (χ0v) is 12.9. The van der Waals surface area contributed by atoms with Crippen molar-refractivity contribution >= 4 is 67.7 Å². The molecule has 0 saturated carbocycles. The van der Waals surface area contributed by atoms with Gasteiger partial charge in [0.05, 0.1) is 5.69 Å². The van der Waals surface area contributed by atoms with Gasteiger partial charge in [-0.15, -0.1) is 0 Å². The van der Waals surface area contributed by atoms with Crippen molar-refractivity contribution in [2.45, 2.75) is 11.7 Å². The van der Waals surface area contributed by atoms with Crippen molar-refractivity contribution in [1.82, 2.24) is 0 Å². The molecule has 0 radical (unpaired) electrons. The maximum atomic E-state index is 11.8. The second-order valence-corrected chi connectivity index (χ2v) is 6.46. The fourth-order valence-electron chi connectivity index (χ4n) is 1.70. The van der Waals surface area contributed by atoms with Crippen molar-refractivity contribution in [3.63, 3.8) is 0 Å². The summed E-state index contributed by atoms with van der Waals surface area (Å²) < 4.78 is 1.62. The molecule has 0 aliphatic carbocycles. The van der Waals surface area contributed by atoms with Crippen LogP contribution in [0.15, 0.2) is 21.1 Å². The summed E-state index contributed by atoms with van der Waals surface area (Å²) in [5.74, 6) is 0.0868.